The minimum atomic E-state index is -3.63. The SMILES string of the molecule is COc1ccc(Br)cc1S(=O)(=O)NC1CCCCC1CN.Cl. The van der Waals surface area contributed by atoms with E-state index in [1.54, 1.807) is 18.2 Å². The Morgan fingerprint density at radius 3 is 2.68 bits per heavy atom. The van der Waals surface area contributed by atoms with Crippen LogP contribution < -0.4 is 15.2 Å². The lowest BCUT2D eigenvalue weighted by atomic mass is 9.85. The molecular formula is C14H22BrClN2O3S. The molecule has 3 N–H and O–H groups in total. The molecule has 1 aromatic rings. The van der Waals surface area contributed by atoms with Gasteiger partial charge in [0.2, 0.25) is 10.0 Å². The van der Waals surface area contributed by atoms with E-state index < -0.39 is 10.0 Å². The van der Waals surface area contributed by atoms with Crippen molar-refractivity contribution in [3.05, 3.63) is 22.7 Å². The standard InChI is InChI=1S/C14H21BrN2O3S.ClH/c1-20-13-7-6-11(15)8-14(13)21(18,19)17-12-5-3-2-4-10(12)9-16;/h6-8,10,12,17H,2-5,9,16H2,1H3;1H. The third-order valence-corrected chi connectivity index (χ3v) is 5.94. The maximum atomic E-state index is 12.6. The van der Waals surface area contributed by atoms with E-state index in [2.05, 4.69) is 20.7 Å². The molecule has 1 saturated carbocycles. The van der Waals surface area contributed by atoms with Crippen molar-refractivity contribution in [3.63, 3.8) is 0 Å². The molecule has 126 valence electrons. The number of methoxy groups -OCH3 is 1. The molecule has 2 atom stereocenters. The van der Waals surface area contributed by atoms with Crippen molar-refractivity contribution in [1.29, 1.82) is 0 Å². The molecule has 1 aromatic carbocycles. The number of ether oxygens (including phenoxy) is 1. The minimum absolute atomic E-state index is 0. The van der Waals surface area contributed by atoms with E-state index in [1.807, 2.05) is 0 Å². The van der Waals surface area contributed by atoms with E-state index in [-0.39, 0.29) is 29.3 Å². The summed E-state index contributed by atoms with van der Waals surface area (Å²) < 4.78 is 33.9. The first-order valence-electron chi connectivity index (χ1n) is 7.04. The van der Waals surface area contributed by atoms with Crippen LogP contribution in [0.25, 0.3) is 0 Å². The van der Waals surface area contributed by atoms with E-state index in [9.17, 15) is 8.42 Å². The van der Waals surface area contributed by atoms with Gasteiger partial charge in [0.1, 0.15) is 10.6 Å². The Morgan fingerprint density at radius 2 is 2.05 bits per heavy atom. The van der Waals surface area contributed by atoms with E-state index >= 15 is 0 Å². The summed E-state index contributed by atoms with van der Waals surface area (Å²) in [6.45, 7) is 0.503. The first-order chi connectivity index (χ1) is 9.97. The molecule has 0 bridgehead atoms. The Hall–Kier alpha value is -0.340. The Labute approximate surface area is 146 Å². The zero-order valence-electron chi connectivity index (χ0n) is 12.4. The Morgan fingerprint density at radius 1 is 1.36 bits per heavy atom. The summed E-state index contributed by atoms with van der Waals surface area (Å²) in [5.74, 6) is 0.539. The van der Waals surface area contributed by atoms with Crippen LogP contribution in [0.3, 0.4) is 0 Å². The van der Waals surface area contributed by atoms with Crippen molar-refractivity contribution in [2.45, 2.75) is 36.6 Å². The molecule has 8 heteroatoms. The number of hydrogen-bond acceptors (Lipinski definition) is 4. The zero-order chi connectivity index (χ0) is 15.5. The fraction of sp³-hybridized carbons (Fsp3) is 0.571. The zero-order valence-corrected chi connectivity index (χ0v) is 15.6. The van der Waals surface area contributed by atoms with Gasteiger partial charge in [-0.2, -0.15) is 0 Å². The number of sulfonamides is 1. The van der Waals surface area contributed by atoms with Crippen molar-refractivity contribution >= 4 is 38.4 Å². The molecule has 0 spiro atoms. The highest BCUT2D eigenvalue weighted by Gasteiger charge is 2.30. The summed E-state index contributed by atoms with van der Waals surface area (Å²) in [5, 5.41) is 0. The van der Waals surface area contributed by atoms with Crippen LogP contribution in [0.4, 0.5) is 0 Å². The first kappa shape index (κ1) is 19.7. The van der Waals surface area contributed by atoms with Gasteiger partial charge in [-0.25, -0.2) is 13.1 Å². The lowest BCUT2D eigenvalue weighted by Crippen LogP contribution is -2.44. The molecule has 0 aliphatic heterocycles. The van der Waals surface area contributed by atoms with Gasteiger partial charge in [0.15, 0.2) is 0 Å². The molecule has 1 aliphatic rings. The van der Waals surface area contributed by atoms with Crippen molar-refractivity contribution in [2.75, 3.05) is 13.7 Å². The summed E-state index contributed by atoms with van der Waals surface area (Å²) in [4.78, 5) is 0.153. The van der Waals surface area contributed by atoms with E-state index in [4.69, 9.17) is 10.5 Å². The summed E-state index contributed by atoms with van der Waals surface area (Å²) in [5.41, 5.74) is 5.76. The number of hydrogen-bond donors (Lipinski definition) is 2. The second kappa shape index (κ2) is 8.49. The minimum Gasteiger partial charge on any atom is -0.495 e. The topological polar surface area (TPSA) is 81.4 Å². The molecule has 0 amide bonds. The number of nitrogens with two attached hydrogens (primary N) is 1. The van der Waals surface area contributed by atoms with Crippen molar-refractivity contribution < 1.29 is 13.2 Å². The maximum Gasteiger partial charge on any atom is 0.244 e. The number of benzene rings is 1. The predicted molar refractivity (Wildman–Crippen MR) is 93.1 cm³/mol. The molecule has 1 fully saturated rings. The van der Waals surface area contributed by atoms with Crippen LogP contribution in [0.5, 0.6) is 5.75 Å². The quantitative estimate of drug-likeness (QED) is 0.777. The van der Waals surface area contributed by atoms with E-state index in [1.165, 1.54) is 7.11 Å². The fourth-order valence-electron chi connectivity index (χ4n) is 2.77. The van der Waals surface area contributed by atoms with Crippen molar-refractivity contribution in [2.24, 2.45) is 11.7 Å². The van der Waals surface area contributed by atoms with Gasteiger partial charge in [0, 0.05) is 10.5 Å². The number of nitrogens with one attached hydrogen (secondary N) is 1. The Kier molecular flexibility index (Phi) is 7.61. The van der Waals surface area contributed by atoms with Gasteiger partial charge >= 0.3 is 0 Å². The monoisotopic (exact) mass is 412 g/mol. The van der Waals surface area contributed by atoms with Gasteiger partial charge in [-0.1, -0.05) is 28.8 Å². The molecule has 22 heavy (non-hydrogen) atoms. The third kappa shape index (κ3) is 4.58. The van der Waals surface area contributed by atoms with Crippen LogP contribution in [-0.4, -0.2) is 28.1 Å². The molecule has 0 saturated heterocycles. The van der Waals surface area contributed by atoms with Crippen LogP contribution in [0.1, 0.15) is 25.7 Å². The van der Waals surface area contributed by atoms with Crippen LogP contribution in [0.2, 0.25) is 0 Å². The smallest absolute Gasteiger partial charge is 0.244 e. The lowest BCUT2D eigenvalue weighted by molar-refractivity contribution is 0.295. The van der Waals surface area contributed by atoms with Crippen LogP contribution in [0.15, 0.2) is 27.6 Å². The van der Waals surface area contributed by atoms with Gasteiger partial charge in [-0.3, -0.25) is 0 Å². The number of rotatable bonds is 5. The summed E-state index contributed by atoms with van der Waals surface area (Å²) in [6.07, 6.45) is 3.94. The Bertz CT molecular complexity index is 598. The van der Waals surface area contributed by atoms with Gasteiger partial charge in [0.25, 0.3) is 0 Å². The van der Waals surface area contributed by atoms with Crippen molar-refractivity contribution in [1.82, 2.24) is 4.72 Å². The highest BCUT2D eigenvalue weighted by Crippen LogP contribution is 2.30. The van der Waals surface area contributed by atoms with Gasteiger partial charge in [0.05, 0.1) is 7.11 Å². The molecule has 0 aromatic heterocycles. The largest absolute Gasteiger partial charge is 0.495 e. The normalized spacial score (nSPS) is 22.0. The number of halogens is 2. The molecule has 2 rings (SSSR count). The average Bonchev–Trinajstić information content (AvgIpc) is 2.47. The molecule has 0 radical (unpaired) electrons. The van der Waals surface area contributed by atoms with Gasteiger partial charge in [-0.15, -0.1) is 12.4 Å². The molecule has 5 nitrogen and oxygen atoms in total. The fourth-order valence-corrected chi connectivity index (χ4v) is 4.82. The van der Waals surface area contributed by atoms with E-state index in [0.717, 1.165) is 25.7 Å². The third-order valence-electron chi connectivity index (χ3n) is 3.93. The molecular weight excluding hydrogens is 392 g/mol. The van der Waals surface area contributed by atoms with Crippen LogP contribution in [-0.2, 0) is 10.0 Å². The summed E-state index contributed by atoms with van der Waals surface area (Å²) >= 11 is 3.30. The Balaban J connectivity index is 0.00000242. The van der Waals surface area contributed by atoms with E-state index in [0.29, 0.717) is 16.8 Å². The highest BCUT2D eigenvalue weighted by atomic mass is 79.9. The van der Waals surface area contributed by atoms with Crippen LogP contribution >= 0.6 is 28.3 Å². The summed E-state index contributed by atoms with van der Waals surface area (Å²) in [6, 6.07) is 4.85. The molecule has 1 aliphatic carbocycles. The molecule has 2 unspecified atom stereocenters. The lowest BCUT2D eigenvalue weighted by Gasteiger charge is -2.31. The van der Waals surface area contributed by atoms with Crippen molar-refractivity contribution in [3.8, 4) is 5.75 Å². The first-order valence-corrected chi connectivity index (χ1v) is 9.31. The maximum absolute atomic E-state index is 12.6. The second-order valence-electron chi connectivity index (χ2n) is 5.30. The van der Waals surface area contributed by atoms with Gasteiger partial charge in [-0.05, 0) is 43.5 Å². The molecule has 0 heterocycles. The van der Waals surface area contributed by atoms with Gasteiger partial charge < -0.3 is 10.5 Å². The predicted octanol–water partition coefficient (Wildman–Crippen LogP) is 2.68. The second-order valence-corrected chi connectivity index (χ2v) is 7.90. The van der Waals surface area contributed by atoms with Crippen LogP contribution in [0, 0.1) is 5.92 Å². The highest BCUT2D eigenvalue weighted by molar-refractivity contribution is 9.10. The average molecular weight is 414 g/mol. The summed E-state index contributed by atoms with van der Waals surface area (Å²) in [7, 11) is -2.16.